The van der Waals surface area contributed by atoms with Crippen LogP contribution in [0.4, 0.5) is 15.5 Å². The van der Waals surface area contributed by atoms with Crippen molar-refractivity contribution in [2.75, 3.05) is 23.4 Å². The third kappa shape index (κ3) is 3.94. The molecule has 164 valence electrons. The van der Waals surface area contributed by atoms with Crippen LogP contribution in [0.15, 0.2) is 24.3 Å². The maximum atomic E-state index is 12.8. The minimum absolute atomic E-state index is 0.189. The van der Waals surface area contributed by atoms with E-state index in [1.54, 1.807) is 24.0 Å². The zero-order valence-electron chi connectivity index (χ0n) is 17.3. The highest BCUT2D eigenvalue weighted by Gasteiger charge is 2.31. The van der Waals surface area contributed by atoms with Crippen molar-refractivity contribution in [3.8, 4) is 6.07 Å². The van der Waals surface area contributed by atoms with Crippen molar-refractivity contribution in [2.24, 2.45) is 0 Å². The average molecular weight is 452 g/mol. The molecule has 9 nitrogen and oxygen atoms in total. The van der Waals surface area contributed by atoms with Gasteiger partial charge in [-0.2, -0.15) is 5.26 Å². The van der Waals surface area contributed by atoms with Crippen LogP contribution in [0.25, 0.3) is 0 Å². The Balaban J connectivity index is 1.50. The number of hydrogen-bond acceptors (Lipinski definition) is 7. The molecule has 0 unspecified atom stereocenters. The van der Waals surface area contributed by atoms with Crippen molar-refractivity contribution >= 4 is 45.8 Å². The summed E-state index contributed by atoms with van der Waals surface area (Å²) in [7, 11) is 0. The summed E-state index contributed by atoms with van der Waals surface area (Å²) in [5.74, 6) is -0.924. The third-order valence-corrected chi connectivity index (χ3v) is 6.49. The Labute approximate surface area is 188 Å². The number of fused-ring (bicyclic) bond motifs is 1. The van der Waals surface area contributed by atoms with E-state index in [1.165, 1.54) is 23.5 Å². The van der Waals surface area contributed by atoms with Gasteiger partial charge in [0.05, 0.1) is 24.4 Å². The summed E-state index contributed by atoms with van der Waals surface area (Å²) in [6, 6.07) is 8.34. The fourth-order valence-corrected chi connectivity index (χ4v) is 4.99. The summed E-state index contributed by atoms with van der Waals surface area (Å²) in [6.07, 6.45) is 0.491. The van der Waals surface area contributed by atoms with Crippen molar-refractivity contribution in [1.29, 1.82) is 5.26 Å². The molecule has 1 saturated heterocycles. The normalized spacial score (nSPS) is 15.4. The molecule has 32 heavy (non-hydrogen) atoms. The minimum atomic E-state index is -0.409. The molecule has 1 N–H and O–H groups in total. The molecule has 1 aromatic heterocycles. The Morgan fingerprint density at radius 2 is 1.84 bits per heavy atom. The number of carbonyl (C=O) groups excluding carboxylic acids is 4. The monoisotopic (exact) mass is 452 g/mol. The van der Waals surface area contributed by atoms with Gasteiger partial charge in [-0.25, -0.2) is 4.79 Å². The van der Waals surface area contributed by atoms with E-state index in [0.717, 1.165) is 15.3 Å². The topological polar surface area (TPSA) is 120 Å². The number of imide groups is 1. The Morgan fingerprint density at radius 3 is 2.47 bits per heavy atom. The zero-order valence-corrected chi connectivity index (χ0v) is 18.2. The Morgan fingerprint density at radius 1 is 1.16 bits per heavy atom. The van der Waals surface area contributed by atoms with E-state index in [4.69, 9.17) is 4.74 Å². The van der Waals surface area contributed by atoms with Crippen LogP contribution < -0.4 is 10.2 Å². The molecule has 0 bridgehead atoms. The zero-order chi connectivity index (χ0) is 22.8. The van der Waals surface area contributed by atoms with Gasteiger partial charge in [-0.15, -0.1) is 11.3 Å². The quantitative estimate of drug-likeness (QED) is 0.712. The number of anilines is 2. The number of nitriles is 1. The minimum Gasteiger partial charge on any atom is -0.450 e. The summed E-state index contributed by atoms with van der Waals surface area (Å²) in [4.78, 5) is 52.1. The predicted octanol–water partition coefficient (Wildman–Crippen LogP) is 3.04. The second-order valence-electron chi connectivity index (χ2n) is 7.31. The number of hydrogen-bond donors (Lipinski definition) is 1. The number of ether oxygens (including phenoxy) is 1. The van der Waals surface area contributed by atoms with Gasteiger partial charge in [-0.1, -0.05) is 0 Å². The first-order valence-electron chi connectivity index (χ1n) is 10.2. The van der Waals surface area contributed by atoms with Gasteiger partial charge in [0.15, 0.2) is 0 Å². The Kier molecular flexibility index (Phi) is 5.92. The fourth-order valence-electron chi connectivity index (χ4n) is 3.78. The number of thiophene rings is 1. The molecule has 0 radical (unpaired) electrons. The lowest BCUT2D eigenvalue weighted by molar-refractivity contribution is -0.121. The number of benzene rings is 1. The summed E-state index contributed by atoms with van der Waals surface area (Å²) in [6.45, 7) is 2.81. The van der Waals surface area contributed by atoms with E-state index in [9.17, 15) is 24.4 Å². The molecule has 2 aliphatic rings. The smallest absolute Gasteiger partial charge is 0.410 e. The number of amides is 4. The molecule has 0 saturated carbocycles. The first kappa shape index (κ1) is 21.5. The van der Waals surface area contributed by atoms with Crippen molar-refractivity contribution in [3.63, 3.8) is 0 Å². The van der Waals surface area contributed by atoms with E-state index >= 15 is 0 Å². The Bertz CT molecular complexity index is 1130. The highest BCUT2D eigenvalue weighted by Crippen LogP contribution is 2.37. The summed E-state index contributed by atoms with van der Waals surface area (Å²) in [5.41, 5.74) is 2.01. The van der Waals surface area contributed by atoms with Crippen LogP contribution in [0.3, 0.4) is 0 Å². The SMILES string of the molecule is CCOC(=O)N1CCc2c(sc(NC(=O)c3ccc(N4C(=O)CCC4=O)cc3)c2C#N)C1. The van der Waals surface area contributed by atoms with Gasteiger partial charge >= 0.3 is 6.09 Å². The maximum Gasteiger partial charge on any atom is 0.410 e. The number of nitrogens with zero attached hydrogens (tertiary/aromatic N) is 3. The molecule has 2 aliphatic heterocycles. The van der Waals surface area contributed by atoms with Crippen molar-refractivity contribution in [1.82, 2.24) is 4.90 Å². The first-order chi connectivity index (χ1) is 15.4. The molecule has 4 rings (SSSR count). The highest BCUT2D eigenvalue weighted by atomic mass is 32.1. The molecule has 0 spiro atoms. The van der Waals surface area contributed by atoms with Gasteiger partial charge in [0, 0.05) is 29.8 Å². The molecule has 1 fully saturated rings. The lowest BCUT2D eigenvalue weighted by Crippen LogP contribution is -2.35. The Hall–Kier alpha value is -3.71. The van der Waals surface area contributed by atoms with Gasteiger partial charge in [0.2, 0.25) is 11.8 Å². The first-order valence-corrected chi connectivity index (χ1v) is 11.0. The fraction of sp³-hybridized carbons (Fsp3) is 0.318. The second kappa shape index (κ2) is 8.80. The second-order valence-corrected chi connectivity index (χ2v) is 8.42. The van der Waals surface area contributed by atoms with Crippen molar-refractivity contribution in [2.45, 2.75) is 32.7 Å². The van der Waals surface area contributed by atoms with Crippen LogP contribution in [0, 0.1) is 11.3 Å². The average Bonchev–Trinajstić information content (AvgIpc) is 3.31. The molecule has 0 aliphatic carbocycles. The van der Waals surface area contributed by atoms with Gasteiger partial charge < -0.3 is 15.0 Å². The lowest BCUT2D eigenvalue weighted by Gasteiger charge is -2.25. The maximum absolute atomic E-state index is 12.8. The predicted molar refractivity (Wildman–Crippen MR) is 116 cm³/mol. The van der Waals surface area contributed by atoms with Crippen LogP contribution in [0.1, 0.15) is 46.1 Å². The van der Waals surface area contributed by atoms with E-state index in [2.05, 4.69) is 11.4 Å². The van der Waals surface area contributed by atoms with Crippen molar-refractivity contribution in [3.05, 3.63) is 45.8 Å². The highest BCUT2D eigenvalue weighted by molar-refractivity contribution is 7.16. The number of carbonyl (C=O) groups is 4. The van der Waals surface area contributed by atoms with Crippen LogP contribution in [0.2, 0.25) is 0 Å². The van der Waals surface area contributed by atoms with Gasteiger partial charge in [-0.3, -0.25) is 19.3 Å². The largest absolute Gasteiger partial charge is 0.450 e. The van der Waals surface area contributed by atoms with E-state index in [1.807, 2.05) is 0 Å². The summed E-state index contributed by atoms with van der Waals surface area (Å²) < 4.78 is 5.05. The van der Waals surface area contributed by atoms with Gasteiger partial charge in [0.1, 0.15) is 11.1 Å². The molecule has 3 heterocycles. The molecule has 10 heteroatoms. The van der Waals surface area contributed by atoms with Crippen molar-refractivity contribution < 1.29 is 23.9 Å². The molecule has 2 aromatic rings. The number of nitrogens with one attached hydrogen (secondary N) is 1. The number of rotatable bonds is 4. The van der Waals surface area contributed by atoms with E-state index < -0.39 is 12.0 Å². The van der Waals surface area contributed by atoms with E-state index in [0.29, 0.717) is 41.3 Å². The van der Waals surface area contributed by atoms with E-state index in [-0.39, 0.29) is 31.3 Å². The van der Waals surface area contributed by atoms with Crippen LogP contribution in [0.5, 0.6) is 0 Å². The third-order valence-electron chi connectivity index (χ3n) is 5.36. The molecular weight excluding hydrogens is 432 g/mol. The lowest BCUT2D eigenvalue weighted by atomic mass is 10.0. The van der Waals surface area contributed by atoms with Crippen LogP contribution >= 0.6 is 11.3 Å². The molecular formula is C22H20N4O5S. The summed E-state index contributed by atoms with van der Waals surface area (Å²) >= 11 is 1.27. The standard InChI is InChI=1S/C22H20N4O5S/c1-2-31-22(30)25-10-9-15-16(11-23)21(32-17(15)12-25)24-20(29)13-3-5-14(6-4-13)26-18(27)7-8-19(26)28/h3-6H,2,7-10,12H2,1H3,(H,24,29). The summed E-state index contributed by atoms with van der Waals surface area (Å²) in [5, 5.41) is 12.9. The van der Waals surface area contributed by atoms with Gasteiger partial charge in [0.25, 0.3) is 5.91 Å². The van der Waals surface area contributed by atoms with Crippen LogP contribution in [-0.4, -0.2) is 41.9 Å². The van der Waals surface area contributed by atoms with Gasteiger partial charge in [-0.05, 0) is 43.2 Å². The molecule has 0 atom stereocenters. The van der Waals surface area contributed by atoms with Crippen LogP contribution in [-0.2, 0) is 27.3 Å². The molecule has 4 amide bonds. The molecule has 1 aromatic carbocycles.